The van der Waals surface area contributed by atoms with E-state index in [0.717, 1.165) is 5.57 Å². The Kier molecular flexibility index (Phi) is 9.26. The zero-order valence-electron chi connectivity index (χ0n) is 14.1. The van der Waals surface area contributed by atoms with E-state index in [1.807, 2.05) is 6.08 Å². The number of amides is 1. The first kappa shape index (κ1) is 20.1. The van der Waals surface area contributed by atoms with Gasteiger partial charge in [-0.1, -0.05) is 30.3 Å². The molecule has 1 amide bonds. The number of ether oxygens (including phenoxy) is 2. The highest BCUT2D eigenvalue weighted by Crippen LogP contribution is 2.13. The minimum absolute atomic E-state index is 0.141. The van der Waals surface area contributed by atoms with E-state index in [0.29, 0.717) is 25.8 Å². The van der Waals surface area contributed by atoms with Crippen LogP contribution in [0.25, 0.3) is 10.4 Å². The van der Waals surface area contributed by atoms with Crippen LogP contribution in [-0.4, -0.2) is 37.9 Å². The van der Waals surface area contributed by atoms with Crippen LogP contribution in [0.3, 0.4) is 0 Å². The number of carbonyl (C=O) groups is 2. The Morgan fingerprint density at radius 2 is 2.36 bits per heavy atom. The van der Waals surface area contributed by atoms with E-state index in [-0.39, 0.29) is 25.2 Å². The Balaban J connectivity index is 2.14. The molecular formula is C16H21N5O4. The summed E-state index contributed by atoms with van der Waals surface area (Å²) in [5.41, 5.74) is 9.19. The summed E-state index contributed by atoms with van der Waals surface area (Å²) in [4.78, 5) is 25.8. The molecule has 25 heavy (non-hydrogen) atoms. The summed E-state index contributed by atoms with van der Waals surface area (Å²) in [5, 5.41) is 14.5. The van der Waals surface area contributed by atoms with Crippen molar-refractivity contribution in [2.75, 3.05) is 19.8 Å². The number of nitriles is 1. The molecule has 1 aliphatic rings. The number of hydrogen-bond acceptors (Lipinski definition) is 6. The number of rotatable bonds is 9. The van der Waals surface area contributed by atoms with Crippen LogP contribution in [0.1, 0.15) is 26.2 Å². The zero-order valence-corrected chi connectivity index (χ0v) is 14.1. The smallest absolute Gasteiger partial charge is 0.407 e. The Morgan fingerprint density at radius 1 is 1.56 bits per heavy atom. The molecule has 0 aromatic heterocycles. The standard InChI is InChI=1S/C16H21N5O4/c1-12(15(22)24-10-8-17)3-2-9-19-16(23)25-11-13-4-6-14(7-5-13)20-21-18/h4-6,12,14H,2-3,7,9-11H2,1H3,(H,19,23)/t12-,14?/m0/s1. The molecular weight excluding hydrogens is 326 g/mol. The second kappa shape index (κ2) is 11.5. The van der Waals surface area contributed by atoms with Gasteiger partial charge in [-0.3, -0.25) is 4.79 Å². The maximum absolute atomic E-state index is 11.6. The molecule has 1 rings (SSSR count). The summed E-state index contributed by atoms with van der Waals surface area (Å²) in [6.45, 7) is 1.98. The van der Waals surface area contributed by atoms with E-state index in [4.69, 9.17) is 20.3 Å². The lowest BCUT2D eigenvalue weighted by molar-refractivity contribution is -0.146. The lowest BCUT2D eigenvalue weighted by atomic mass is 10.0. The van der Waals surface area contributed by atoms with Crippen molar-refractivity contribution in [3.05, 3.63) is 34.2 Å². The van der Waals surface area contributed by atoms with Crippen molar-refractivity contribution in [2.45, 2.75) is 32.2 Å². The molecule has 0 saturated heterocycles. The van der Waals surface area contributed by atoms with E-state index in [1.54, 1.807) is 25.1 Å². The van der Waals surface area contributed by atoms with Crippen LogP contribution in [0.5, 0.6) is 0 Å². The molecule has 1 aliphatic carbocycles. The van der Waals surface area contributed by atoms with Gasteiger partial charge in [0.15, 0.2) is 6.61 Å². The highest BCUT2D eigenvalue weighted by molar-refractivity contribution is 5.72. The van der Waals surface area contributed by atoms with E-state index in [2.05, 4.69) is 15.3 Å². The van der Waals surface area contributed by atoms with Crippen LogP contribution in [0, 0.1) is 17.2 Å². The fourth-order valence-electron chi connectivity index (χ4n) is 2.07. The van der Waals surface area contributed by atoms with E-state index >= 15 is 0 Å². The molecule has 9 heteroatoms. The van der Waals surface area contributed by atoms with Crippen LogP contribution in [0.4, 0.5) is 4.79 Å². The summed E-state index contributed by atoms with van der Waals surface area (Å²) < 4.78 is 9.79. The van der Waals surface area contributed by atoms with Gasteiger partial charge < -0.3 is 14.8 Å². The molecule has 0 heterocycles. The van der Waals surface area contributed by atoms with Gasteiger partial charge in [-0.25, -0.2) is 4.79 Å². The fraction of sp³-hybridized carbons (Fsp3) is 0.562. The third-order valence-electron chi connectivity index (χ3n) is 3.49. The van der Waals surface area contributed by atoms with Crippen LogP contribution in [-0.2, 0) is 14.3 Å². The summed E-state index contributed by atoms with van der Waals surface area (Å²) in [7, 11) is 0. The minimum Gasteiger partial charge on any atom is -0.450 e. The molecule has 0 fully saturated rings. The molecule has 1 unspecified atom stereocenters. The van der Waals surface area contributed by atoms with Crippen LogP contribution >= 0.6 is 0 Å². The molecule has 0 aliphatic heterocycles. The summed E-state index contributed by atoms with van der Waals surface area (Å²) in [6, 6.07) is 1.55. The van der Waals surface area contributed by atoms with Gasteiger partial charge in [0.2, 0.25) is 0 Å². The van der Waals surface area contributed by atoms with E-state index in [9.17, 15) is 9.59 Å². The largest absolute Gasteiger partial charge is 0.450 e. The van der Waals surface area contributed by atoms with Crippen LogP contribution in [0.2, 0.25) is 0 Å². The number of nitrogens with one attached hydrogen (secondary N) is 1. The van der Waals surface area contributed by atoms with Crippen LogP contribution in [0.15, 0.2) is 28.9 Å². The molecule has 0 saturated carbocycles. The van der Waals surface area contributed by atoms with Crippen molar-refractivity contribution < 1.29 is 19.1 Å². The Morgan fingerprint density at radius 3 is 3.00 bits per heavy atom. The lowest BCUT2D eigenvalue weighted by Crippen LogP contribution is -2.27. The summed E-state index contributed by atoms with van der Waals surface area (Å²) in [5.74, 6) is -0.744. The molecule has 2 atom stereocenters. The minimum atomic E-state index is -0.536. The average molecular weight is 347 g/mol. The zero-order chi connectivity index (χ0) is 18.5. The predicted molar refractivity (Wildman–Crippen MR) is 89.1 cm³/mol. The molecule has 0 aromatic carbocycles. The maximum Gasteiger partial charge on any atom is 0.407 e. The second-order valence-electron chi connectivity index (χ2n) is 5.46. The summed E-state index contributed by atoms with van der Waals surface area (Å²) in [6.07, 6.45) is 6.58. The highest BCUT2D eigenvalue weighted by Gasteiger charge is 2.14. The number of nitrogens with zero attached hydrogens (tertiary/aromatic N) is 4. The van der Waals surface area contributed by atoms with Crippen molar-refractivity contribution >= 4 is 12.1 Å². The van der Waals surface area contributed by atoms with Gasteiger partial charge in [-0.05, 0) is 30.4 Å². The molecule has 0 bridgehead atoms. The number of alkyl carbamates (subject to hydrolysis) is 1. The first-order chi connectivity index (χ1) is 12.1. The van der Waals surface area contributed by atoms with Crippen molar-refractivity contribution in [1.82, 2.24) is 5.32 Å². The second-order valence-corrected chi connectivity index (χ2v) is 5.46. The summed E-state index contributed by atoms with van der Waals surface area (Å²) >= 11 is 0. The SMILES string of the molecule is C[C@@H](CCCNC(=O)OCC1=CCC(N=[N+]=[N-])C=C1)C(=O)OCC#N. The van der Waals surface area contributed by atoms with Gasteiger partial charge in [0.05, 0.1) is 12.0 Å². The third kappa shape index (κ3) is 8.44. The normalized spacial score (nSPS) is 16.6. The monoisotopic (exact) mass is 347 g/mol. The van der Waals surface area contributed by atoms with Gasteiger partial charge in [-0.2, -0.15) is 5.26 Å². The molecule has 0 spiro atoms. The lowest BCUT2D eigenvalue weighted by Gasteiger charge is -2.13. The van der Waals surface area contributed by atoms with Crippen molar-refractivity contribution in [1.29, 1.82) is 5.26 Å². The van der Waals surface area contributed by atoms with Crippen molar-refractivity contribution in [2.24, 2.45) is 11.0 Å². The van der Waals surface area contributed by atoms with Gasteiger partial charge in [0, 0.05) is 11.5 Å². The van der Waals surface area contributed by atoms with Gasteiger partial charge in [-0.15, -0.1) is 0 Å². The van der Waals surface area contributed by atoms with E-state index in [1.165, 1.54) is 0 Å². The van der Waals surface area contributed by atoms with E-state index < -0.39 is 12.1 Å². The Hall–Kier alpha value is -2.98. The van der Waals surface area contributed by atoms with Crippen molar-refractivity contribution in [3.63, 3.8) is 0 Å². The quantitative estimate of drug-likeness (QED) is 0.225. The maximum atomic E-state index is 11.6. The first-order valence-corrected chi connectivity index (χ1v) is 7.92. The highest BCUT2D eigenvalue weighted by atomic mass is 16.5. The molecule has 0 radical (unpaired) electrons. The number of esters is 1. The van der Waals surface area contributed by atoms with Gasteiger partial charge >= 0.3 is 12.1 Å². The predicted octanol–water partition coefficient (Wildman–Crippen LogP) is 2.76. The fourth-order valence-corrected chi connectivity index (χ4v) is 2.07. The molecule has 9 nitrogen and oxygen atoms in total. The van der Waals surface area contributed by atoms with Crippen molar-refractivity contribution in [3.8, 4) is 6.07 Å². The average Bonchev–Trinajstić information content (AvgIpc) is 2.62. The first-order valence-electron chi connectivity index (χ1n) is 7.92. The van der Waals surface area contributed by atoms with Gasteiger partial charge in [0.25, 0.3) is 0 Å². The van der Waals surface area contributed by atoms with Gasteiger partial charge in [0.1, 0.15) is 12.7 Å². The number of hydrogen-bond donors (Lipinski definition) is 1. The molecule has 1 N–H and O–H groups in total. The molecule has 134 valence electrons. The molecule has 0 aromatic rings. The number of azide groups is 1. The number of carbonyl (C=O) groups excluding carboxylic acids is 2. The topological polar surface area (TPSA) is 137 Å². The Bertz CT molecular complexity index is 617. The third-order valence-corrected chi connectivity index (χ3v) is 3.49. The Labute approximate surface area is 145 Å². The van der Waals surface area contributed by atoms with Crippen LogP contribution < -0.4 is 5.32 Å².